The molecule has 0 bridgehead atoms. The fraction of sp³-hybridized carbons (Fsp3) is 0.467. The first-order chi connectivity index (χ1) is 9.17. The minimum Gasteiger partial charge on any atom is -0.496 e. The van der Waals surface area contributed by atoms with Crippen LogP contribution in [0.3, 0.4) is 0 Å². The number of ether oxygens (including phenoxy) is 1. The lowest BCUT2D eigenvalue weighted by Gasteiger charge is -2.21. The Labute approximate surface area is 113 Å². The zero-order valence-corrected chi connectivity index (χ0v) is 11.3. The maximum absolute atomic E-state index is 12.5. The third-order valence-electron chi connectivity index (χ3n) is 3.37. The van der Waals surface area contributed by atoms with Crippen molar-refractivity contribution in [2.75, 3.05) is 13.7 Å². The van der Waals surface area contributed by atoms with Crippen LogP contribution in [-0.2, 0) is 0 Å². The number of methoxy groups -OCH3 is 1. The molecule has 0 aromatic heterocycles. The van der Waals surface area contributed by atoms with Gasteiger partial charge < -0.3 is 9.64 Å². The molecule has 19 heavy (non-hydrogen) atoms. The summed E-state index contributed by atoms with van der Waals surface area (Å²) in [6.07, 6.45) is 2.46. The number of rotatable bonds is 5. The molecule has 4 heteroatoms. The van der Waals surface area contributed by atoms with Gasteiger partial charge in [-0.1, -0.05) is 6.07 Å². The molecule has 2 rings (SSSR count). The predicted octanol–water partition coefficient (Wildman–Crippen LogP) is 2.52. The number of benzene rings is 1. The normalized spacial score (nSPS) is 13.7. The molecule has 0 heterocycles. The molecule has 100 valence electrons. The van der Waals surface area contributed by atoms with Crippen molar-refractivity contribution in [1.29, 1.82) is 5.26 Å². The van der Waals surface area contributed by atoms with Gasteiger partial charge in [0, 0.05) is 18.2 Å². The molecule has 1 aromatic rings. The summed E-state index contributed by atoms with van der Waals surface area (Å²) in [4.78, 5) is 14.3. The van der Waals surface area contributed by atoms with Crippen molar-refractivity contribution >= 4 is 5.91 Å². The Bertz CT molecular complexity index is 515. The highest BCUT2D eigenvalue weighted by molar-refractivity contribution is 5.95. The molecule has 1 saturated carbocycles. The number of nitriles is 1. The largest absolute Gasteiger partial charge is 0.496 e. The quantitative estimate of drug-likeness (QED) is 0.815. The van der Waals surface area contributed by atoms with Crippen LogP contribution in [0.2, 0.25) is 0 Å². The molecule has 0 spiro atoms. The van der Waals surface area contributed by atoms with Crippen LogP contribution >= 0.6 is 0 Å². The number of amides is 1. The monoisotopic (exact) mass is 258 g/mol. The Morgan fingerprint density at radius 2 is 2.26 bits per heavy atom. The Morgan fingerprint density at radius 1 is 1.53 bits per heavy atom. The Balaban J connectivity index is 2.19. The van der Waals surface area contributed by atoms with E-state index >= 15 is 0 Å². The van der Waals surface area contributed by atoms with E-state index in [1.807, 2.05) is 24.0 Å². The second-order valence-electron chi connectivity index (χ2n) is 4.82. The zero-order valence-electron chi connectivity index (χ0n) is 11.3. The lowest BCUT2D eigenvalue weighted by molar-refractivity contribution is 0.0746. The van der Waals surface area contributed by atoms with E-state index in [4.69, 9.17) is 10.00 Å². The Hall–Kier alpha value is -2.02. The third-order valence-corrected chi connectivity index (χ3v) is 3.37. The van der Waals surface area contributed by atoms with Gasteiger partial charge in [-0.2, -0.15) is 5.26 Å². The maximum atomic E-state index is 12.5. The first-order valence-electron chi connectivity index (χ1n) is 6.50. The smallest absolute Gasteiger partial charge is 0.254 e. The topological polar surface area (TPSA) is 53.3 Å². The molecule has 1 aliphatic carbocycles. The van der Waals surface area contributed by atoms with Crippen molar-refractivity contribution in [3.05, 3.63) is 29.3 Å². The van der Waals surface area contributed by atoms with Crippen molar-refractivity contribution in [1.82, 2.24) is 4.90 Å². The van der Waals surface area contributed by atoms with Crippen LogP contribution in [0.4, 0.5) is 0 Å². The molecule has 0 aliphatic heterocycles. The zero-order chi connectivity index (χ0) is 13.8. The Morgan fingerprint density at radius 3 is 2.84 bits per heavy atom. The van der Waals surface area contributed by atoms with Crippen molar-refractivity contribution in [2.45, 2.75) is 32.2 Å². The molecule has 1 amide bonds. The summed E-state index contributed by atoms with van der Waals surface area (Å²) in [6.45, 7) is 2.46. The van der Waals surface area contributed by atoms with E-state index in [1.54, 1.807) is 13.2 Å². The molecule has 0 atom stereocenters. The summed E-state index contributed by atoms with van der Waals surface area (Å²) < 4.78 is 5.25. The molecular weight excluding hydrogens is 240 g/mol. The van der Waals surface area contributed by atoms with E-state index in [2.05, 4.69) is 6.07 Å². The van der Waals surface area contributed by atoms with Crippen LogP contribution < -0.4 is 4.74 Å². The third kappa shape index (κ3) is 3.05. The molecule has 0 radical (unpaired) electrons. The predicted molar refractivity (Wildman–Crippen MR) is 72.0 cm³/mol. The van der Waals surface area contributed by atoms with Crippen LogP contribution in [0.25, 0.3) is 0 Å². The number of hydrogen-bond donors (Lipinski definition) is 0. The second kappa shape index (κ2) is 5.75. The first kappa shape index (κ1) is 13.4. The summed E-state index contributed by atoms with van der Waals surface area (Å²) in [6, 6.07) is 7.90. The van der Waals surface area contributed by atoms with Crippen LogP contribution in [0.15, 0.2) is 18.2 Å². The molecule has 1 aromatic carbocycles. The Kier molecular flexibility index (Phi) is 4.06. The number of carbonyl (C=O) groups excluding carboxylic acids is 1. The highest BCUT2D eigenvalue weighted by Crippen LogP contribution is 2.29. The number of nitrogens with zero attached hydrogens (tertiary/aromatic N) is 2. The second-order valence-corrected chi connectivity index (χ2v) is 4.82. The van der Waals surface area contributed by atoms with Gasteiger partial charge in [0.05, 0.1) is 19.6 Å². The van der Waals surface area contributed by atoms with Gasteiger partial charge in [0.2, 0.25) is 0 Å². The van der Waals surface area contributed by atoms with Gasteiger partial charge in [0.25, 0.3) is 5.91 Å². The van der Waals surface area contributed by atoms with Crippen molar-refractivity contribution in [2.24, 2.45) is 0 Å². The van der Waals surface area contributed by atoms with Gasteiger partial charge >= 0.3 is 0 Å². The lowest BCUT2D eigenvalue weighted by Crippen LogP contribution is -2.33. The molecule has 0 N–H and O–H groups in total. The number of carbonyl (C=O) groups is 1. The van der Waals surface area contributed by atoms with Gasteiger partial charge in [-0.3, -0.25) is 4.79 Å². The van der Waals surface area contributed by atoms with Crippen molar-refractivity contribution < 1.29 is 9.53 Å². The summed E-state index contributed by atoms with van der Waals surface area (Å²) in [5.74, 6) is 0.720. The molecular formula is C15H18N2O2. The molecule has 0 unspecified atom stereocenters. The summed E-state index contributed by atoms with van der Waals surface area (Å²) in [7, 11) is 1.60. The highest BCUT2D eigenvalue weighted by atomic mass is 16.5. The average molecular weight is 258 g/mol. The number of hydrogen-bond acceptors (Lipinski definition) is 3. The van der Waals surface area contributed by atoms with Gasteiger partial charge in [-0.15, -0.1) is 0 Å². The van der Waals surface area contributed by atoms with Crippen LogP contribution in [-0.4, -0.2) is 30.5 Å². The summed E-state index contributed by atoms with van der Waals surface area (Å²) in [5.41, 5.74) is 1.64. The van der Waals surface area contributed by atoms with Crippen molar-refractivity contribution in [3.8, 4) is 11.8 Å². The first-order valence-corrected chi connectivity index (χ1v) is 6.50. The summed E-state index contributed by atoms with van der Waals surface area (Å²) in [5, 5.41) is 8.68. The van der Waals surface area contributed by atoms with Crippen LogP contribution in [0.5, 0.6) is 5.75 Å². The van der Waals surface area contributed by atoms with E-state index in [1.165, 1.54) is 0 Å². The molecule has 1 fully saturated rings. The minimum absolute atomic E-state index is 0.00366. The van der Waals surface area contributed by atoms with Crippen molar-refractivity contribution in [3.63, 3.8) is 0 Å². The van der Waals surface area contributed by atoms with Crippen LogP contribution in [0.1, 0.15) is 35.2 Å². The fourth-order valence-electron chi connectivity index (χ4n) is 2.13. The molecule has 0 saturated heterocycles. The fourth-order valence-corrected chi connectivity index (χ4v) is 2.13. The maximum Gasteiger partial charge on any atom is 0.254 e. The van der Waals surface area contributed by atoms with E-state index in [9.17, 15) is 4.79 Å². The summed E-state index contributed by atoms with van der Waals surface area (Å²) >= 11 is 0. The lowest BCUT2D eigenvalue weighted by atomic mass is 10.1. The van der Waals surface area contributed by atoms with E-state index in [0.717, 1.165) is 24.2 Å². The van der Waals surface area contributed by atoms with Gasteiger partial charge in [-0.25, -0.2) is 0 Å². The average Bonchev–Trinajstić information content (AvgIpc) is 3.24. The van der Waals surface area contributed by atoms with Gasteiger partial charge in [0.1, 0.15) is 5.75 Å². The van der Waals surface area contributed by atoms with E-state index in [0.29, 0.717) is 24.6 Å². The van der Waals surface area contributed by atoms with Crippen LogP contribution in [0, 0.1) is 18.3 Å². The highest BCUT2D eigenvalue weighted by Gasteiger charge is 2.32. The standard InChI is InChI=1S/C15H18N2O2/c1-11-4-5-12(10-14(11)19-2)15(18)17(9-3-8-16)13-6-7-13/h4-5,10,13H,3,6-7,9H2,1-2H3. The SMILES string of the molecule is COc1cc(C(=O)N(CCC#N)C2CC2)ccc1C. The molecule has 4 nitrogen and oxygen atoms in total. The van der Waals surface area contributed by atoms with Gasteiger partial charge in [-0.05, 0) is 37.5 Å². The minimum atomic E-state index is -0.00366. The van der Waals surface area contributed by atoms with Gasteiger partial charge in [0.15, 0.2) is 0 Å². The van der Waals surface area contributed by atoms with E-state index < -0.39 is 0 Å². The number of aryl methyl sites for hydroxylation is 1. The molecule has 1 aliphatic rings. The van der Waals surface area contributed by atoms with E-state index in [-0.39, 0.29) is 5.91 Å².